The highest BCUT2D eigenvalue weighted by Crippen LogP contribution is 2.26. The van der Waals surface area contributed by atoms with Crippen LogP contribution in [0.5, 0.6) is 0 Å². The van der Waals surface area contributed by atoms with Gasteiger partial charge in [0.25, 0.3) is 0 Å². The summed E-state index contributed by atoms with van der Waals surface area (Å²) in [7, 11) is 3.12. The van der Waals surface area contributed by atoms with Gasteiger partial charge in [-0.15, -0.1) is 0 Å². The van der Waals surface area contributed by atoms with Crippen molar-refractivity contribution in [3.05, 3.63) is 42.0 Å². The Morgan fingerprint density at radius 2 is 2.05 bits per heavy atom. The number of benzene rings is 1. The van der Waals surface area contributed by atoms with Crippen molar-refractivity contribution in [2.45, 2.75) is 0 Å². The number of nitrogens with zero attached hydrogens (tertiary/aromatic N) is 1. The Morgan fingerprint density at radius 1 is 1.35 bits per heavy atom. The normalized spacial score (nSPS) is 22.5. The van der Waals surface area contributed by atoms with Crippen molar-refractivity contribution in [3.63, 3.8) is 0 Å². The first-order valence-electron chi connectivity index (χ1n) is 6.33. The van der Waals surface area contributed by atoms with Crippen molar-refractivity contribution in [2.75, 3.05) is 25.7 Å². The first-order chi connectivity index (χ1) is 9.63. The van der Waals surface area contributed by atoms with Crippen molar-refractivity contribution < 1.29 is 14.3 Å². The number of esters is 1. The zero-order valence-corrected chi connectivity index (χ0v) is 12.4. The Balaban J connectivity index is 2.43. The van der Waals surface area contributed by atoms with Crippen molar-refractivity contribution in [2.24, 2.45) is 5.92 Å². The molecule has 1 aliphatic heterocycles. The minimum absolute atomic E-state index is 0.0356. The third-order valence-electron chi connectivity index (χ3n) is 3.19. The van der Waals surface area contributed by atoms with E-state index >= 15 is 0 Å². The van der Waals surface area contributed by atoms with Crippen LogP contribution in [0.4, 0.5) is 0 Å². The fourth-order valence-corrected chi connectivity index (χ4v) is 3.01. The number of amides is 1. The molecule has 0 radical (unpaired) electrons. The van der Waals surface area contributed by atoms with Crippen LogP contribution in [0.1, 0.15) is 5.56 Å². The lowest BCUT2D eigenvalue weighted by Crippen LogP contribution is -2.31. The Kier molecular flexibility index (Phi) is 4.84. The van der Waals surface area contributed by atoms with Crippen LogP contribution in [-0.2, 0) is 14.3 Å². The molecule has 1 heterocycles. The summed E-state index contributed by atoms with van der Waals surface area (Å²) in [6, 6.07) is 9.60. The quantitative estimate of drug-likeness (QED) is 0.782. The molecule has 0 aromatic heterocycles. The molecule has 2 rings (SSSR count). The van der Waals surface area contributed by atoms with Gasteiger partial charge in [-0.1, -0.05) is 30.3 Å². The highest BCUT2D eigenvalue weighted by molar-refractivity contribution is 7.99. The zero-order chi connectivity index (χ0) is 14.5. The maximum absolute atomic E-state index is 12.0. The monoisotopic (exact) mass is 291 g/mol. The van der Waals surface area contributed by atoms with E-state index in [0.29, 0.717) is 11.5 Å². The van der Waals surface area contributed by atoms with Crippen LogP contribution in [0.3, 0.4) is 0 Å². The van der Waals surface area contributed by atoms with Gasteiger partial charge in [0.05, 0.1) is 18.8 Å². The minimum Gasteiger partial charge on any atom is -0.469 e. The lowest BCUT2D eigenvalue weighted by Gasteiger charge is -2.25. The Morgan fingerprint density at radius 3 is 2.70 bits per heavy atom. The Labute approximate surface area is 122 Å². The summed E-state index contributed by atoms with van der Waals surface area (Å²) < 4.78 is 4.83. The number of thioether (sulfide) groups is 1. The van der Waals surface area contributed by atoms with Crippen LogP contribution in [0, 0.1) is 5.92 Å². The van der Waals surface area contributed by atoms with Gasteiger partial charge in [0, 0.05) is 18.5 Å². The molecule has 4 nitrogen and oxygen atoms in total. The SMILES string of the molecule is COC(=O)C1/C=C(/c2ccccc2)N(C)C(=O)CSC1. The second-order valence-electron chi connectivity index (χ2n) is 4.52. The standard InChI is InChI=1S/C15H17NO3S/c1-16-13(11-6-4-3-5-7-11)8-12(15(18)19-2)9-20-10-14(16)17/h3-8,12H,9-10H2,1-2H3/b13-8-. The van der Waals surface area contributed by atoms with E-state index in [4.69, 9.17) is 4.74 Å². The van der Waals surface area contributed by atoms with E-state index in [1.54, 1.807) is 11.9 Å². The first kappa shape index (κ1) is 14.7. The third kappa shape index (κ3) is 3.22. The van der Waals surface area contributed by atoms with E-state index < -0.39 is 0 Å². The molecule has 1 unspecified atom stereocenters. The number of rotatable bonds is 2. The van der Waals surface area contributed by atoms with Crippen molar-refractivity contribution >= 4 is 29.3 Å². The molecule has 1 aliphatic rings. The molecule has 1 atom stereocenters. The van der Waals surface area contributed by atoms with Gasteiger partial charge in [0.15, 0.2) is 0 Å². The summed E-state index contributed by atoms with van der Waals surface area (Å²) in [5, 5.41) is 0. The van der Waals surface area contributed by atoms with Gasteiger partial charge in [-0.05, 0) is 11.6 Å². The fourth-order valence-electron chi connectivity index (χ4n) is 2.04. The maximum Gasteiger partial charge on any atom is 0.313 e. The summed E-state index contributed by atoms with van der Waals surface area (Å²) in [5.74, 6) is 0.356. The average Bonchev–Trinajstić information content (AvgIpc) is 2.48. The zero-order valence-electron chi connectivity index (χ0n) is 11.5. The van der Waals surface area contributed by atoms with E-state index in [-0.39, 0.29) is 17.8 Å². The fraction of sp³-hybridized carbons (Fsp3) is 0.333. The van der Waals surface area contributed by atoms with Crippen LogP contribution >= 0.6 is 11.8 Å². The van der Waals surface area contributed by atoms with E-state index in [1.807, 2.05) is 36.4 Å². The van der Waals surface area contributed by atoms with Gasteiger partial charge in [-0.3, -0.25) is 9.59 Å². The van der Waals surface area contributed by atoms with Gasteiger partial charge in [0.1, 0.15) is 0 Å². The number of hydrogen-bond donors (Lipinski definition) is 0. The van der Waals surface area contributed by atoms with Gasteiger partial charge in [-0.25, -0.2) is 0 Å². The van der Waals surface area contributed by atoms with E-state index in [0.717, 1.165) is 11.3 Å². The highest BCUT2D eigenvalue weighted by Gasteiger charge is 2.25. The highest BCUT2D eigenvalue weighted by atomic mass is 32.2. The molecule has 1 aromatic rings. The molecule has 0 fully saturated rings. The molecule has 106 valence electrons. The van der Waals surface area contributed by atoms with Gasteiger partial charge >= 0.3 is 5.97 Å². The summed E-state index contributed by atoms with van der Waals surface area (Å²) >= 11 is 1.45. The summed E-state index contributed by atoms with van der Waals surface area (Å²) in [6.07, 6.45) is 1.82. The van der Waals surface area contributed by atoms with Crippen molar-refractivity contribution in [1.29, 1.82) is 0 Å². The number of methoxy groups -OCH3 is 1. The topological polar surface area (TPSA) is 46.6 Å². The van der Waals surface area contributed by atoms with Crippen LogP contribution in [-0.4, -0.2) is 42.4 Å². The lowest BCUT2D eigenvalue weighted by molar-refractivity contribution is -0.143. The molecule has 20 heavy (non-hydrogen) atoms. The van der Waals surface area contributed by atoms with Crippen molar-refractivity contribution in [3.8, 4) is 0 Å². The molecule has 1 amide bonds. The average molecular weight is 291 g/mol. The predicted molar refractivity (Wildman–Crippen MR) is 80.0 cm³/mol. The number of carbonyl (C=O) groups is 2. The molecule has 0 N–H and O–H groups in total. The van der Waals surface area contributed by atoms with Crippen LogP contribution in [0.25, 0.3) is 5.70 Å². The van der Waals surface area contributed by atoms with Gasteiger partial charge in [-0.2, -0.15) is 11.8 Å². The minimum atomic E-state index is -0.337. The van der Waals surface area contributed by atoms with Crippen LogP contribution in [0.2, 0.25) is 0 Å². The largest absolute Gasteiger partial charge is 0.469 e. The molecule has 1 aromatic carbocycles. The van der Waals surface area contributed by atoms with Gasteiger partial charge in [0.2, 0.25) is 5.91 Å². The maximum atomic E-state index is 12.0. The number of carbonyl (C=O) groups excluding carboxylic acids is 2. The Hall–Kier alpha value is -1.75. The third-order valence-corrected chi connectivity index (χ3v) is 4.24. The molecule has 0 saturated heterocycles. The molecule has 0 bridgehead atoms. The van der Waals surface area contributed by atoms with Crippen LogP contribution < -0.4 is 0 Å². The second-order valence-corrected chi connectivity index (χ2v) is 5.55. The molecule has 5 heteroatoms. The van der Waals surface area contributed by atoms with E-state index in [2.05, 4.69) is 0 Å². The van der Waals surface area contributed by atoms with Crippen LogP contribution in [0.15, 0.2) is 36.4 Å². The number of hydrogen-bond acceptors (Lipinski definition) is 4. The summed E-state index contributed by atoms with van der Waals surface area (Å²) in [6.45, 7) is 0. The molecule has 0 spiro atoms. The summed E-state index contributed by atoms with van der Waals surface area (Å²) in [5.41, 5.74) is 1.68. The van der Waals surface area contributed by atoms with Crippen molar-refractivity contribution in [1.82, 2.24) is 4.90 Å². The van der Waals surface area contributed by atoms with Gasteiger partial charge < -0.3 is 9.64 Å². The van der Waals surface area contributed by atoms with E-state index in [1.165, 1.54) is 18.9 Å². The molecular formula is C15H17NO3S. The van der Waals surface area contributed by atoms with E-state index in [9.17, 15) is 9.59 Å². The predicted octanol–water partition coefficient (Wildman–Crippen LogP) is 2.02. The first-order valence-corrected chi connectivity index (χ1v) is 7.48. The molecular weight excluding hydrogens is 274 g/mol. The second kappa shape index (κ2) is 6.61. The lowest BCUT2D eigenvalue weighted by atomic mass is 10.0. The smallest absolute Gasteiger partial charge is 0.313 e. The molecule has 0 aliphatic carbocycles. The number of ether oxygens (including phenoxy) is 1. The Bertz CT molecular complexity index is 527. The summed E-state index contributed by atoms with van der Waals surface area (Å²) in [4.78, 5) is 25.5. The molecule has 0 saturated carbocycles.